The summed E-state index contributed by atoms with van der Waals surface area (Å²) >= 11 is 0. The van der Waals surface area contributed by atoms with Crippen molar-refractivity contribution in [2.75, 3.05) is 5.73 Å². The van der Waals surface area contributed by atoms with Crippen molar-refractivity contribution < 1.29 is 17.8 Å². The fraction of sp³-hybridized carbons (Fsp3) is 0.333. The molecule has 21 heavy (non-hydrogen) atoms. The minimum Gasteiger partial charge on any atom is -0.398 e. The third-order valence-electron chi connectivity index (χ3n) is 3.19. The number of hydrogen-bond donors (Lipinski definition) is 1. The molecule has 1 aromatic heterocycles. The fourth-order valence-electron chi connectivity index (χ4n) is 2.24. The highest BCUT2D eigenvalue weighted by Crippen LogP contribution is 2.24. The van der Waals surface area contributed by atoms with Crippen LogP contribution in [0.25, 0.3) is 10.9 Å². The lowest BCUT2D eigenvalue weighted by molar-refractivity contribution is -0.132. The van der Waals surface area contributed by atoms with Crippen LogP contribution in [0.4, 0.5) is 5.69 Å². The van der Waals surface area contributed by atoms with E-state index in [-0.39, 0.29) is 22.6 Å². The molecule has 1 aliphatic carbocycles. The molecule has 1 atom stereocenters. The first-order valence-electron chi connectivity index (χ1n) is 9.29. The highest BCUT2D eigenvalue weighted by Gasteiger charge is 2.30. The van der Waals surface area contributed by atoms with Gasteiger partial charge in [0.15, 0.2) is 5.78 Å². The Balaban J connectivity index is 2.49. The number of nitrogens with zero attached hydrogens (tertiary/aromatic N) is 2. The molecule has 1 aromatic carbocycles. The van der Waals surface area contributed by atoms with E-state index in [2.05, 4.69) is 4.98 Å². The van der Waals surface area contributed by atoms with Crippen LogP contribution in [-0.4, -0.2) is 21.1 Å². The van der Waals surface area contributed by atoms with Gasteiger partial charge in [0, 0.05) is 17.6 Å². The van der Waals surface area contributed by atoms with Crippen LogP contribution in [0, 0.1) is 6.88 Å². The molecule has 1 saturated carbocycles. The number of carbonyl (C=O) groups is 2. The molecule has 1 unspecified atom stereocenters. The van der Waals surface area contributed by atoms with Gasteiger partial charge in [0.1, 0.15) is 11.6 Å². The lowest BCUT2D eigenvalue weighted by Gasteiger charge is -2.24. The zero-order valence-electron chi connectivity index (χ0n) is 16.8. The number of aryl methyl sites for hydroxylation is 1. The van der Waals surface area contributed by atoms with E-state index in [1.54, 1.807) is 0 Å². The van der Waals surface area contributed by atoms with Crippen molar-refractivity contribution in [3.63, 3.8) is 0 Å². The Kier molecular flexibility index (Phi) is 1.84. The molecule has 2 aromatic rings. The number of hydrogen-bond acceptors (Lipinski definition) is 5. The summed E-state index contributed by atoms with van der Waals surface area (Å²) in [7, 11) is 0. The molecule has 108 valence electrons. The minimum absolute atomic E-state index is 0.0345. The van der Waals surface area contributed by atoms with Crippen molar-refractivity contribution in [1.82, 2.24) is 9.55 Å². The van der Waals surface area contributed by atoms with E-state index >= 15 is 0 Å². The Morgan fingerprint density at radius 2 is 2.38 bits per heavy atom. The summed E-state index contributed by atoms with van der Waals surface area (Å²) in [4.78, 5) is 41.3. The van der Waals surface area contributed by atoms with Crippen LogP contribution in [-0.2, 0) is 9.59 Å². The first kappa shape index (κ1) is 8.07. The van der Waals surface area contributed by atoms with Crippen molar-refractivity contribution >= 4 is 28.2 Å². The van der Waals surface area contributed by atoms with Gasteiger partial charge in [0.05, 0.1) is 26.1 Å². The number of benzene rings is 1. The van der Waals surface area contributed by atoms with Gasteiger partial charge in [-0.3, -0.25) is 19.0 Å². The molecule has 0 spiro atoms. The van der Waals surface area contributed by atoms with Crippen LogP contribution in [0.2, 0.25) is 0 Å². The first-order valence-corrected chi connectivity index (χ1v) is 6.13. The summed E-state index contributed by atoms with van der Waals surface area (Å²) in [6.45, 7) is -1.91. The topological polar surface area (TPSA) is 95.0 Å². The van der Waals surface area contributed by atoms with E-state index < -0.39 is 55.1 Å². The number of nitrogens with two attached hydrogens (primary N) is 1. The van der Waals surface area contributed by atoms with Crippen molar-refractivity contribution in [1.29, 1.82) is 0 Å². The second kappa shape index (κ2) is 4.80. The van der Waals surface area contributed by atoms with E-state index in [0.717, 1.165) is 0 Å². The number of anilines is 1. The van der Waals surface area contributed by atoms with Gasteiger partial charge < -0.3 is 5.73 Å². The zero-order chi connectivity index (χ0) is 20.3. The van der Waals surface area contributed by atoms with E-state index in [4.69, 9.17) is 14.0 Å². The number of fused-ring (bicyclic) bond motifs is 1. The molecule has 2 N–H and O–H groups in total. The maximum atomic E-state index is 13.1. The molecular formula is C15H15N3O3. The summed E-state index contributed by atoms with van der Waals surface area (Å²) in [6, 6.07) is -0.551. The smallest absolute Gasteiger partial charge is 0.264 e. The number of carbonyl (C=O) groups excluding carboxylic acids is 2. The molecule has 0 saturated heterocycles. The van der Waals surface area contributed by atoms with Crippen LogP contribution in [0.1, 0.15) is 39.3 Å². The average molecular weight is 291 g/mol. The van der Waals surface area contributed by atoms with E-state index in [1.165, 1.54) is 12.1 Å². The third kappa shape index (κ3) is 2.12. The number of aromatic nitrogens is 2. The van der Waals surface area contributed by atoms with E-state index in [1.807, 2.05) is 0 Å². The van der Waals surface area contributed by atoms with E-state index in [0.29, 0.717) is 4.57 Å². The van der Waals surface area contributed by atoms with Gasteiger partial charge in [-0.05, 0) is 25.4 Å². The predicted molar refractivity (Wildman–Crippen MR) is 78.1 cm³/mol. The summed E-state index contributed by atoms with van der Waals surface area (Å²) in [5, 5.41) is -0.306. The largest absolute Gasteiger partial charge is 0.398 e. The molecule has 0 radical (unpaired) electrons. The Morgan fingerprint density at radius 1 is 1.57 bits per heavy atom. The van der Waals surface area contributed by atoms with Crippen molar-refractivity contribution in [2.45, 2.75) is 32.1 Å². The molecule has 0 bridgehead atoms. The molecule has 1 fully saturated rings. The third-order valence-corrected chi connectivity index (χ3v) is 3.19. The number of nitrogen functional groups attached to an aromatic ring is 1. The lowest BCUT2D eigenvalue weighted by atomic mass is 9.92. The molecular weight excluding hydrogens is 270 g/mol. The van der Waals surface area contributed by atoms with Crippen LogP contribution in [0.3, 0.4) is 0 Å². The van der Waals surface area contributed by atoms with Crippen LogP contribution in [0.5, 0.6) is 0 Å². The van der Waals surface area contributed by atoms with Gasteiger partial charge in [0.2, 0.25) is 0 Å². The molecule has 1 aliphatic rings. The van der Waals surface area contributed by atoms with Crippen LogP contribution < -0.4 is 11.3 Å². The summed E-state index contributed by atoms with van der Waals surface area (Å²) in [5.41, 5.74) is 4.37. The van der Waals surface area contributed by atoms with Gasteiger partial charge in [-0.2, -0.15) is 0 Å². The molecule has 0 aliphatic heterocycles. The summed E-state index contributed by atoms with van der Waals surface area (Å²) < 4.78 is 48.1. The monoisotopic (exact) mass is 291 g/mol. The normalized spacial score (nSPS) is 29.4. The van der Waals surface area contributed by atoms with Crippen molar-refractivity contribution in [2.24, 2.45) is 0 Å². The quantitative estimate of drug-likeness (QED) is 0.628. The van der Waals surface area contributed by atoms with Gasteiger partial charge in [0.25, 0.3) is 5.56 Å². The van der Waals surface area contributed by atoms with Crippen molar-refractivity contribution in [3.8, 4) is 0 Å². The second-order valence-electron chi connectivity index (χ2n) is 4.60. The standard InChI is InChI=1S/C15H15N3O3/c1-8-17-11-4-2-3-10(16)14(11)15(21)18(8)12-6-5-9(19)7-13(12)20/h2-4,12H,5-7,16H2,1H3/i1D2,3D,6D2,12D. The molecule has 1 heterocycles. The molecule has 6 nitrogen and oxygen atoms in total. The zero-order valence-corrected chi connectivity index (χ0v) is 10.8. The highest BCUT2D eigenvalue weighted by atomic mass is 16.2. The summed E-state index contributed by atoms with van der Waals surface area (Å²) in [5.74, 6) is -2.50. The first-order chi connectivity index (χ1) is 12.4. The lowest BCUT2D eigenvalue weighted by Crippen LogP contribution is -2.36. The fourth-order valence-corrected chi connectivity index (χ4v) is 2.24. The van der Waals surface area contributed by atoms with Crippen molar-refractivity contribution in [3.05, 3.63) is 34.4 Å². The Morgan fingerprint density at radius 3 is 3.10 bits per heavy atom. The SMILES string of the molecule is [2H]c1ccc2nc(C([2H])[2H])n(C3([2H])C(=O)CC(=O)CC3([2H])[2H])c(=O)c2c1N. The number of ketones is 2. The van der Waals surface area contributed by atoms with Gasteiger partial charge in [-0.25, -0.2) is 4.98 Å². The van der Waals surface area contributed by atoms with Gasteiger partial charge in [-0.15, -0.1) is 0 Å². The minimum atomic E-state index is -2.89. The molecule has 6 heteroatoms. The Labute approximate surface area is 129 Å². The highest BCUT2D eigenvalue weighted by molar-refractivity contribution is 6.03. The number of Topliss-reactive ketones (excluding diaryl/α,β-unsaturated/α-hetero) is 2. The molecule has 3 rings (SSSR count). The Hall–Kier alpha value is -2.50. The second-order valence-corrected chi connectivity index (χ2v) is 4.60. The van der Waals surface area contributed by atoms with E-state index in [9.17, 15) is 14.4 Å². The van der Waals surface area contributed by atoms with Gasteiger partial charge >= 0.3 is 0 Å². The van der Waals surface area contributed by atoms with Gasteiger partial charge in [-0.1, -0.05) is 6.07 Å². The Bertz CT molecular complexity index is 1050. The predicted octanol–water partition coefficient (Wildman–Crippen LogP) is 1.15. The van der Waals surface area contributed by atoms with Crippen LogP contribution in [0.15, 0.2) is 23.0 Å². The number of rotatable bonds is 1. The average Bonchev–Trinajstić information content (AvgIpc) is 2.54. The molecule has 0 amide bonds. The summed E-state index contributed by atoms with van der Waals surface area (Å²) in [6.07, 6.45) is -4.29. The maximum absolute atomic E-state index is 13.1. The van der Waals surface area contributed by atoms with Crippen LogP contribution >= 0.6 is 0 Å². The maximum Gasteiger partial charge on any atom is 0.264 e.